The van der Waals surface area contributed by atoms with E-state index in [1.165, 1.54) is 11.1 Å². The van der Waals surface area contributed by atoms with E-state index in [1.54, 1.807) is 0 Å². The maximum Gasteiger partial charge on any atom is 0.194 e. The Morgan fingerprint density at radius 3 is 2.96 bits per heavy atom. The third kappa shape index (κ3) is 3.76. The van der Waals surface area contributed by atoms with E-state index in [1.807, 2.05) is 31.2 Å². The molecule has 1 aliphatic rings. The molecule has 24 heavy (non-hydrogen) atoms. The van der Waals surface area contributed by atoms with Crippen LogP contribution in [0.25, 0.3) is 0 Å². The molecule has 3 rings (SSSR count). The summed E-state index contributed by atoms with van der Waals surface area (Å²) in [6.07, 6.45) is 3.96. The van der Waals surface area contributed by atoms with Crippen LogP contribution in [0.5, 0.6) is 0 Å². The number of nitrogens with one attached hydrogen (secondary N) is 1. The van der Waals surface area contributed by atoms with Crippen molar-refractivity contribution in [2.45, 2.75) is 19.6 Å². The largest absolute Gasteiger partial charge is 0.370 e. The Morgan fingerprint density at radius 1 is 1.42 bits per heavy atom. The summed E-state index contributed by atoms with van der Waals surface area (Å²) in [6, 6.07) is 8.41. The Morgan fingerprint density at radius 2 is 2.25 bits per heavy atom. The molecular weight excluding hydrogens is 302 g/mol. The van der Waals surface area contributed by atoms with Crippen molar-refractivity contribution in [3.8, 4) is 0 Å². The van der Waals surface area contributed by atoms with E-state index in [0.717, 1.165) is 24.6 Å². The summed E-state index contributed by atoms with van der Waals surface area (Å²) in [6.45, 7) is 5.19. The van der Waals surface area contributed by atoms with Crippen LogP contribution in [0.3, 0.4) is 0 Å². The molecule has 1 saturated heterocycles. The van der Waals surface area contributed by atoms with E-state index in [4.69, 9.17) is 4.74 Å². The third-order valence-corrected chi connectivity index (χ3v) is 4.32. The number of benzene rings is 1. The fourth-order valence-electron chi connectivity index (χ4n) is 3.05. The zero-order valence-corrected chi connectivity index (χ0v) is 14.6. The summed E-state index contributed by atoms with van der Waals surface area (Å²) >= 11 is 0. The molecule has 1 N–H and O–H groups in total. The predicted octanol–water partition coefficient (Wildman–Crippen LogP) is 1.88. The Labute approximate surface area is 143 Å². The van der Waals surface area contributed by atoms with Gasteiger partial charge in [0.25, 0.3) is 0 Å². The summed E-state index contributed by atoms with van der Waals surface area (Å²) in [5.41, 5.74) is 3.66. The molecule has 0 aliphatic carbocycles. The van der Waals surface area contributed by atoms with Gasteiger partial charge in [-0.25, -0.2) is 0 Å². The highest BCUT2D eigenvalue weighted by atomic mass is 16.5. The molecule has 1 unspecified atom stereocenters. The van der Waals surface area contributed by atoms with E-state index in [9.17, 15) is 0 Å². The number of aliphatic imine (C=N–C) groups is 1. The van der Waals surface area contributed by atoms with Crippen LogP contribution in [0.4, 0.5) is 0 Å². The van der Waals surface area contributed by atoms with E-state index in [-0.39, 0.29) is 6.10 Å². The fraction of sp³-hybridized carbons (Fsp3) is 0.444. The Hall–Kier alpha value is -2.34. The van der Waals surface area contributed by atoms with E-state index < -0.39 is 0 Å². The second kappa shape index (κ2) is 7.49. The van der Waals surface area contributed by atoms with Crippen LogP contribution in [-0.2, 0) is 18.3 Å². The van der Waals surface area contributed by atoms with Crippen LogP contribution >= 0.6 is 0 Å². The number of morpholine rings is 1. The van der Waals surface area contributed by atoms with Gasteiger partial charge in [0.05, 0.1) is 19.3 Å². The number of rotatable bonds is 3. The molecule has 0 amide bonds. The van der Waals surface area contributed by atoms with Crippen molar-refractivity contribution < 1.29 is 4.74 Å². The van der Waals surface area contributed by atoms with Gasteiger partial charge in [-0.05, 0) is 18.1 Å². The first-order chi connectivity index (χ1) is 11.7. The summed E-state index contributed by atoms with van der Waals surface area (Å²) in [5, 5.41) is 7.62. The van der Waals surface area contributed by atoms with Gasteiger partial charge in [-0.3, -0.25) is 9.67 Å². The molecule has 2 aromatic rings. The lowest BCUT2D eigenvalue weighted by Crippen LogP contribution is -2.48. The fourth-order valence-corrected chi connectivity index (χ4v) is 3.05. The molecule has 0 saturated carbocycles. The van der Waals surface area contributed by atoms with Crippen LogP contribution in [0.2, 0.25) is 0 Å². The zero-order chi connectivity index (χ0) is 16.9. The Balaban J connectivity index is 1.65. The average Bonchev–Trinajstić information content (AvgIpc) is 3.01. The van der Waals surface area contributed by atoms with Gasteiger partial charge in [-0.1, -0.05) is 24.3 Å². The van der Waals surface area contributed by atoms with Crippen molar-refractivity contribution in [1.82, 2.24) is 20.0 Å². The van der Waals surface area contributed by atoms with Gasteiger partial charge >= 0.3 is 0 Å². The Kier molecular flexibility index (Phi) is 5.15. The number of guanidine groups is 1. The third-order valence-electron chi connectivity index (χ3n) is 4.32. The number of aromatic nitrogens is 2. The number of aryl methyl sites for hydroxylation is 2. The van der Waals surface area contributed by atoms with E-state index in [2.05, 4.69) is 51.5 Å². The molecular formula is C18H25N5O. The minimum Gasteiger partial charge on any atom is -0.370 e. The average molecular weight is 327 g/mol. The number of nitrogens with zero attached hydrogens (tertiary/aromatic N) is 4. The van der Waals surface area contributed by atoms with Crippen molar-refractivity contribution in [2.75, 3.05) is 26.7 Å². The van der Waals surface area contributed by atoms with Gasteiger partial charge in [-0.15, -0.1) is 0 Å². The van der Waals surface area contributed by atoms with Gasteiger partial charge in [-0.2, -0.15) is 5.10 Å². The van der Waals surface area contributed by atoms with Crippen molar-refractivity contribution in [2.24, 2.45) is 12.0 Å². The van der Waals surface area contributed by atoms with Crippen LogP contribution < -0.4 is 5.32 Å². The summed E-state index contributed by atoms with van der Waals surface area (Å²) < 4.78 is 7.81. The number of ether oxygens (including phenoxy) is 1. The molecule has 0 spiro atoms. The minimum absolute atomic E-state index is 0.0805. The maximum absolute atomic E-state index is 6.00. The van der Waals surface area contributed by atoms with Gasteiger partial charge in [0, 0.05) is 38.9 Å². The first kappa shape index (κ1) is 16.5. The van der Waals surface area contributed by atoms with Crippen LogP contribution in [-0.4, -0.2) is 47.4 Å². The molecule has 1 aliphatic heterocycles. The minimum atomic E-state index is 0.0805. The molecule has 0 radical (unpaired) electrons. The normalized spacial score (nSPS) is 18.7. The first-order valence-corrected chi connectivity index (χ1v) is 8.27. The van der Waals surface area contributed by atoms with E-state index >= 15 is 0 Å². The van der Waals surface area contributed by atoms with Crippen molar-refractivity contribution in [1.29, 1.82) is 0 Å². The summed E-state index contributed by atoms with van der Waals surface area (Å²) in [5.74, 6) is 0.903. The molecule has 1 aromatic carbocycles. The maximum atomic E-state index is 6.00. The molecule has 0 bridgehead atoms. The Bertz CT molecular complexity index is 709. The highest BCUT2D eigenvalue weighted by molar-refractivity contribution is 5.80. The number of hydrogen-bond acceptors (Lipinski definition) is 3. The standard InChI is InChI=1S/C18H25N5O/c1-14-6-4-5-7-16(14)17-13-23(8-9-24-17)18(19-2)20-10-15-11-21-22(3)12-15/h4-7,11-12,17H,8-10,13H2,1-3H3,(H,19,20). The molecule has 1 atom stereocenters. The van der Waals surface area contributed by atoms with Crippen molar-refractivity contribution in [3.63, 3.8) is 0 Å². The van der Waals surface area contributed by atoms with Crippen LogP contribution in [0, 0.1) is 6.92 Å². The van der Waals surface area contributed by atoms with E-state index in [0.29, 0.717) is 13.2 Å². The highest BCUT2D eigenvalue weighted by Gasteiger charge is 2.25. The van der Waals surface area contributed by atoms with Gasteiger partial charge in [0.15, 0.2) is 5.96 Å². The monoisotopic (exact) mass is 327 g/mol. The zero-order valence-electron chi connectivity index (χ0n) is 14.6. The van der Waals surface area contributed by atoms with Crippen LogP contribution in [0.15, 0.2) is 41.7 Å². The molecule has 128 valence electrons. The second-order valence-electron chi connectivity index (χ2n) is 6.09. The topological polar surface area (TPSA) is 54.7 Å². The molecule has 6 heteroatoms. The molecule has 1 aromatic heterocycles. The van der Waals surface area contributed by atoms with Gasteiger partial charge in [0.1, 0.15) is 6.10 Å². The first-order valence-electron chi connectivity index (χ1n) is 8.27. The molecule has 1 fully saturated rings. The summed E-state index contributed by atoms with van der Waals surface area (Å²) in [7, 11) is 3.75. The lowest BCUT2D eigenvalue weighted by atomic mass is 10.0. The molecule has 2 heterocycles. The van der Waals surface area contributed by atoms with Gasteiger partial charge < -0.3 is 15.0 Å². The SMILES string of the molecule is CN=C(NCc1cnn(C)c1)N1CCOC(c2ccccc2C)C1. The quantitative estimate of drug-likeness (QED) is 0.691. The second-order valence-corrected chi connectivity index (χ2v) is 6.09. The van der Waals surface area contributed by atoms with Crippen molar-refractivity contribution in [3.05, 3.63) is 53.3 Å². The predicted molar refractivity (Wildman–Crippen MR) is 94.9 cm³/mol. The van der Waals surface area contributed by atoms with Crippen LogP contribution in [0.1, 0.15) is 22.8 Å². The molecule has 6 nitrogen and oxygen atoms in total. The highest BCUT2D eigenvalue weighted by Crippen LogP contribution is 2.24. The van der Waals surface area contributed by atoms with Gasteiger partial charge in [0.2, 0.25) is 0 Å². The lowest BCUT2D eigenvalue weighted by Gasteiger charge is -2.35. The summed E-state index contributed by atoms with van der Waals surface area (Å²) in [4.78, 5) is 6.69. The van der Waals surface area contributed by atoms with Crippen molar-refractivity contribution >= 4 is 5.96 Å². The lowest BCUT2D eigenvalue weighted by molar-refractivity contribution is -0.00833. The number of hydrogen-bond donors (Lipinski definition) is 1. The smallest absolute Gasteiger partial charge is 0.194 e.